The largest absolute Gasteiger partial charge is 0.506 e. The van der Waals surface area contributed by atoms with Crippen LogP contribution in [0.25, 0.3) is 22.8 Å². The highest BCUT2D eigenvalue weighted by Gasteiger charge is 2.11. The second kappa shape index (κ2) is 5.28. The first kappa shape index (κ1) is 13.2. The Morgan fingerprint density at radius 2 is 1.81 bits per heavy atom. The summed E-state index contributed by atoms with van der Waals surface area (Å²) in [6.45, 7) is 2.11. The zero-order valence-electron chi connectivity index (χ0n) is 11.6. The number of benzene rings is 2. The number of aromatic nitrogens is 2. The molecule has 0 saturated heterocycles. The number of aromatic hydroxyl groups is 1. The van der Waals surface area contributed by atoms with Gasteiger partial charge in [0.25, 0.3) is 5.89 Å². The molecule has 0 spiro atoms. The van der Waals surface area contributed by atoms with E-state index in [-0.39, 0.29) is 5.75 Å². The molecular formula is C16H15N3O2. The molecule has 1 aromatic heterocycles. The van der Waals surface area contributed by atoms with Gasteiger partial charge in [-0.2, -0.15) is 4.98 Å². The van der Waals surface area contributed by atoms with Crippen molar-refractivity contribution in [3.05, 3.63) is 48.0 Å². The third-order valence-corrected chi connectivity index (χ3v) is 3.32. The predicted molar refractivity (Wildman–Crippen MR) is 80.6 cm³/mol. The summed E-state index contributed by atoms with van der Waals surface area (Å²) in [4.78, 5) is 4.35. The number of hydrogen-bond donors (Lipinski definition) is 2. The maximum Gasteiger partial charge on any atom is 0.258 e. The molecule has 21 heavy (non-hydrogen) atoms. The third kappa shape index (κ3) is 2.58. The Labute approximate surface area is 122 Å². The maximum absolute atomic E-state index is 9.63. The Balaban J connectivity index is 1.93. The van der Waals surface area contributed by atoms with E-state index in [4.69, 9.17) is 10.3 Å². The van der Waals surface area contributed by atoms with E-state index in [2.05, 4.69) is 17.1 Å². The average Bonchev–Trinajstić information content (AvgIpc) is 3.00. The van der Waals surface area contributed by atoms with Crippen molar-refractivity contribution in [1.82, 2.24) is 10.1 Å². The van der Waals surface area contributed by atoms with E-state index < -0.39 is 0 Å². The van der Waals surface area contributed by atoms with Crippen LogP contribution < -0.4 is 5.73 Å². The summed E-state index contributed by atoms with van der Waals surface area (Å²) in [6.07, 6.45) is 0.989. The molecule has 0 amide bonds. The number of phenolic OH excluding ortho intramolecular Hbond substituents is 1. The maximum atomic E-state index is 9.63. The molecule has 0 saturated carbocycles. The molecule has 3 aromatic rings. The minimum Gasteiger partial charge on any atom is -0.506 e. The normalized spacial score (nSPS) is 10.7. The Kier molecular flexibility index (Phi) is 3.31. The number of anilines is 1. The van der Waals surface area contributed by atoms with Gasteiger partial charge in [-0.3, -0.25) is 0 Å². The van der Waals surface area contributed by atoms with Crippen LogP contribution in [0, 0.1) is 0 Å². The van der Waals surface area contributed by atoms with Crippen LogP contribution in [0.4, 0.5) is 5.69 Å². The lowest BCUT2D eigenvalue weighted by Gasteiger charge is -1.99. The first-order valence-electron chi connectivity index (χ1n) is 6.69. The van der Waals surface area contributed by atoms with Crippen LogP contribution in [0.15, 0.2) is 47.0 Å². The molecule has 0 bridgehead atoms. The summed E-state index contributed by atoms with van der Waals surface area (Å²) < 4.78 is 5.24. The van der Waals surface area contributed by atoms with Crippen molar-refractivity contribution in [2.45, 2.75) is 13.3 Å². The highest BCUT2D eigenvalue weighted by Crippen LogP contribution is 2.28. The first-order chi connectivity index (χ1) is 10.2. The molecule has 0 aliphatic carbocycles. The fourth-order valence-corrected chi connectivity index (χ4v) is 2.02. The molecular weight excluding hydrogens is 266 g/mol. The van der Waals surface area contributed by atoms with Crippen LogP contribution in [-0.2, 0) is 6.42 Å². The van der Waals surface area contributed by atoms with Crippen molar-refractivity contribution in [3.8, 4) is 28.6 Å². The Morgan fingerprint density at radius 3 is 2.48 bits per heavy atom. The number of nitrogens with two attached hydrogens (primary N) is 1. The van der Waals surface area contributed by atoms with Gasteiger partial charge in [0, 0.05) is 11.1 Å². The molecule has 3 N–H and O–H groups in total. The summed E-state index contributed by atoms with van der Waals surface area (Å²) in [7, 11) is 0. The number of hydrogen-bond acceptors (Lipinski definition) is 5. The topological polar surface area (TPSA) is 85.2 Å². The van der Waals surface area contributed by atoms with E-state index in [0.717, 1.165) is 12.0 Å². The molecule has 5 nitrogen and oxygen atoms in total. The molecule has 0 radical (unpaired) electrons. The smallest absolute Gasteiger partial charge is 0.258 e. The lowest BCUT2D eigenvalue weighted by molar-refractivity contribution is 0.431. The summed E-state index contributed by atoms with van der Waals surface area (Å²) in [5.41, 5.74) is 8.66. The van der Waals surface area contributed by atoms with Crippen molar-refractivity contribution in [1.29, 1.82) is 0 Å². The van der Waals surface area contributed by atoms with Gasteiger partial charge < -0.3 is 15.4 Å². The molecule has 2 aromatic carbocycles. The summed E-state index contributed by atoms with van der Waals surface area (Å²) >= 11 is 0. The highest BCUT2D eigenvalue weighted by atomic mass is 16.5. The van der Waals surface area contributed by atoms with E-state index >= 15 is 0 Å². The van der Waals surface area contributed by atoms with E-state index in [1.165, 1.54) is 11.6 Å². The standard InChI is InChI=1S/C16H15N3O2/c1-2-10-3-5-11(6-4-10)15-18-16(21-19-15)12-7-8-13(17)14(20)9-12/h3-9,20H,2,17H2,1H3. The van der Waals surface area contributed by atoms with Crippen molar-refractivity contribution in [2.75, 3.05) is 5.73 Å². The van der Waals surface area contributed by atoms with Crippen LogP contribution in [0.3, 0.4) is 0 Å². The molecule has 0 aliphatic heterocycles. The monoisotopic (exact) mass is 281 g/mol. The molecule has 0 unspecified atom stereocenters. The second-order valence-corrected chi connectivity index (χ2v) is 4.75. The van der Waals surface area contributed by atoms with Crippen LogP contribution in [0.2, 0.25) is 0 Å². The second-order valence-electron chi connectivity index (χ2n) is 4.75. The average molecular weight is 281 g/mol. The van der Waals surface area contributed by atoms with Gasteiger partial charge in [0.2, 0.25) is 5.82 Å². The first-order valence-corrected chi connectivity index (χ1v) is 6.69. The number of nitrogen functional groups attached to an aromatic ring is 1. The lowest BCUT2D eigenvalue weighted by Crippen LogP contribution is -1.86. The van der Waals surface area contributed by atoms with E-state index in [9.17, 15) is 5.11 Å². The molecule has 0 atom stereocenters. The van der Waals surface area contributed by atoms with Gasteiger partial charge in [-0.05, 0) is 30.2 Å². The Hall–Kier alpha value is -2.82. The summed E-state index contributed by atoms with van der Waals surface area (Å²) in [5, 5.41) is 13.6. The quantitative estimate of drug-likeness (QED) is 0.568. The SMILES string of the molecule is CCc1ccc(-c2noc(-c3ccc(N)c(O)c3)n2)cc1. The highest BCUT2D eigenvalue weighted by molar-refractivity contribution is 5.65. The fourth-order valence-electron chi connectivity index (χ4n) is 2.02. The molecule has 106 valence electrons. The molecule has 5 heteroatoms. The van der Waals surface area contributed by atoms with Gasteiger partial charge in [0.1, 0.15) is 5.75 Å². The minimum atomic E-state index is -0.000418. The van der Waals surface area contributed by atoms with Crippen molar-refractivity contribution in [3.63, 3.8) is 0 Å². The Bertz CT molecular complexity index is 763. The fraction of sp³-hybridized carbons (Fsp3) is 0.125. The lowest BCUT2D eigenvalue weighted by atomic mass is 10.1. The Morgan fingerprint density at radius 1 is 1.10 bits per heavy atom. The van der Waals surface area contributed by atoms with Gasteiger partial charge in [-0.15, -0.1) is 0 Å². The van der Waals surface area contributed by atoms with Gasteiger partial charge in [-0.1, -0.05) is 36.3 Å². The van der Waals surface area contributed by atoms with E-state index in [0.29, 0.717) is 23.0 Å². The zero-order chi connectivity index (χ0) is 14.8. The summed E-state index contributed by atoms with van der Waals surface area (Å²) in [6, 6.07) is 12.9. The van der Waals surface area contributed by atoms with E-state index in [1.807, 2.05) is 24.3 Å². The van der Waals surface area contributed by atoms with Crippen molar-refractivity contribution < 1.29 is 9.63 Å². The summed E-state index contributed by atoms with van der Waals surface area (Å²) in [5.74, 6) is 0.864. The van der Waals surface area contributed by atoms with Crippen LogP contribution in [0.1, 0.15) is 12.5 Å². The zero-order valence-corrected chi connectivity index (χ0v) is 11.6. The van der Waals surface area contributed by atoms with Crippen LogP contribution in [0.5, 0.6) is 5.75 Å². The van der Waals surface area contributed by atoms with Crippen molar-refractivity contribution in [2.24, 2.45) is 0 Å². The number of phenols is 1. The van der Waals surface area contributed by atoms with E-state index in [1.54, 1.807) is 12.1 Å². The number of aryl methyl sites for hydroxylation is 1. The van der Waals surface area contributed by atoms with Gasteiger partial charge in [0.05, 0.1) is 5.69 Å². The van der Waals surface area contributed by atoms with Gasteiger partial charge >= 0.3 is 0 Å². The van der Waals surface area contributed by atoms with Gasteiger partial charge in [0.15, 0.2) is 0 Å². The molecule has 0 aliphatic rings. The minimum absolute atomic E-state index is 0.000418. The van der Waals surface area contributed by atoms with Crippen molar-refractivity contribution >= 4 is 5.69 Å². The third-order valence-electron chi connectivity index (χ3n) is 3.32. The predicted octanol–water partition coefficient (Wildman–Crippen LogP) is 3.25. The van der Waals surface area contributed by atoms with Gasteiger partial charge in [-0.25, -0.2) is 0 Å². The molecule has 1 heterocycles. The molecule has 3 rings (SSSR count). The number of nitrogens with zero attached hydrogens (tertiary/aromatic N) is 2. The number of rotatable bonds is 3. The molecule has 0 fully saturated rings. The van der Waals surface area contributed by atoms with Crippen LogP contribution in [-0.4, -0.2) is 15.2 Å². The van der Waals surface area contributed by atoms with Crippen LogP contribution >= 0.6 is 0 Å².